The molecule has 0 unspecified atom stereocenters. The van der Waals surface area contributed by atoms with Crippen LogP contribution in [0.1, 0.15) is 24.0 Å². The number of nitrogens with two attached hydrogens (primary N) is 2. The average Bonchev–Trinajstić information content (AvgIpc) is 2.76. The lowest BCUT2D eigenvalue weighted by Gasteiger charge is -2.24. The second-order valence-corrected chi connectivity index (χ2v) is 8.12. The molecule has 36 heavy (non-hydrogen) atoms. The summed E-state index contributed by atoms with van der Waals surface area (Å²) < 4.78 is 4.85. The van der Waals surface area contributed by atoms with Gasteiger partial charge in [0.15, 0.2) is 6.23 Å². The van der Waals surface area contributed by atoms with Gasteiger partial charge in [-0.05, 0) is 65.9 Å². The van der Waals surface area contributed by atoms with Crippen molar-refractivity contribution < 1.29 is 34.4 Å². The Morgan fingerprint density at radius 3 is 2.39 bits per heavy atom. The van der Waals surface area contributed by atoms with Gasteiger partial charge in [-0.2, -0.15) is 0 Å². The van der Waals surface area contributed by atoms with Crippen LogP contribution >= 0.6 is 24.8 Å². The third-order valence-electron chi connectivity index (χ3n) is 5.46. The number of ether oxygens (including phenoxy) is 1. The van der Waals surface area contributed by atoms with E-state index in [-0.39, 0.29) is 62.1 Å². The van der Waals surface area contributed by atoms with Crippen molar-refractivity contribution >= 4 is 42.8 Å². The van der Waals surface area contributed by atoms with E-state index in [1.807, 2.05) is 0 Å². The fourth-order valence-electron chi connectivity index (χ4n) is 3.80. The summed E-state index contributed by atoms with van der Waals surface area (Å²) in [7, 11) is 0. The van der Waals surface area contributed by atoms with Crippen LogP contribution in [0.15, 0.2) is 36.4 Å². The van der Waals surface area contributed by atoms with Gasteiger partial charge < -0.3 is 42.2 Å². The van der Waals surface area contributed by atoms with Crippen LogP contribution in [0.25, 0.3) is 11.1 Å². The molecule has 11 nitrogen and oxygen atoms in total. The van der Waals surface area contributed by atoms with Crippen LogP contribution in [0.2, 0.25) is 0 Å². The Hall–Kier alpha value is -3.25. The van der Waals surface area contributed by atoms with Gasteiger partial charge >= 0.3 is 6.16 Å². The maximum absolute atomic E-state index is 12.9. The Morgan fingerprint density at radius 2 is 1.72 bits per heavy atom. The first-order chi connectivity index (χ1) is 16.2. The lowest BCUT2D eigenvalue weighted by atomic mass is 9.96. The van der Waals surface area contributed by atoms with Gasteiger partial charge in [-0.15, -0.1) is 24.8 Å². The van der Waals surface area contributed by atoms with Gasteiger partial charge in [0.05, 0.1) is 6.04 Å². The molecule has 0 saturated heterocycles. The van der Waals surface area contributed by atoms with Crippen molar-refractivity contribution in [2.75, 3.05) is 6.54 Å². The number of carbonyl (C=O) groups is 3. The minimum absolute atomic E-state index is 0. The quantitative estimate of drug-likeness (QED) is 0.278. The Balaban J connectivity index is 0.00000324. The van der Waals surface area contributed by atoms with E-state index in [0.29, 0.717) is 28.7 Å². The van der Waals surface area contributed by atoms with Gasteiger partial charge in [-0.1, -0.05) is 12.1 Å². The summed E-state index contributed by atoms with van der Waals surface area (Å²) >= 11 is 0. The van der Waals surface area contributed by atoms with E-state index < -0.39 is 36.3 Å². The maximum atomic E-state index is 12.9. The number of carboxylic acid groups (broad SMARTS) is 1. The predicted octanol–water partition coefficient (Wildman–Crippen LogP) is 1.39. The third kappa shape index (κ3) is 8.16. The summed E-state index contributed by atoms with van der Waals surface area (Å²) in [6.07, 6.45) is -2.37. The topological polar surface area (TPSA) is 197 Å². The molecule has 13 heteroatoms. The average molecular weight is 545 g/mol. The van der Waals surface area contributed by atoms with Crippen molar-refractivity contribution in [2.24, 2.45) is 11.5 Å². The van der Waals surface area contributed by atoms with Gasteiger partial charge in [0.25, 0.3) is 0 Å². The van der Waals surface area contributed by atoms with Gasteiger partial charge in [0, 0.05) is 12.8 Å². The van der Waals surface area contributed by atoms with E-state index in [2.05, 4.69) is 10.6 Å². The number of amides is 2. The number of fused-ring (bicyclic) bond motifs is 5. The summed E-state index contributed by atoms with van der Waals surface area (Å²) in [5, 5.41) is 34.8. The van der Waals surface area contributed by atoms with Gasteiger partial charge in [0.2, 0.25) is 11.8 Å². The van der Waals surface area contributed by atoms with Crippen LogP contribution in [0.5, 0.6) is 11.5 Å². The first-order valence-corrected chi connectivity index (χ1v) is 10.8. The van der Waals surface area contributed by atoms with Crippen LogP contribution < -0.4 is 22.1 Å². The van der Waals surface area contributed by atoms with Crippen molar-refractivity contribution in [1.29, 1.82) is 0 Å². The van der Waals surface area contributed by atoms with Crippen molar-refractivity contribution in [3.8, 4) is 22.6 Å². The van der Waals surface area contributed by atoms with E-state index in [1.54, 1.807) is 18.2 Å². The zero-order valence-corrected chi connectivity index (χ0v) is 20.8. The Bertz CT molecular complexity index is 1090. The largest absolute Gasteiger partial charge is 0.508 e. The van der Waals surface area contributed by atoms with E-state index in [9.17, 15) is 24.6 Å². The second-order valence-electron chi connectivity index (χ2n) is 8.12. The van der Waals surface area contributed by atoms with Crippen LogP contribution in [-0.4, -0.2) is 58.1 Å². The molecule has 1 aliphatic rings. The number of aromatic hydroxyl groups is 2. The molecule has 198 valence electrons. The lowest BCUT2D eigenvalue weighted by molar-refractivity contribution is -0.131. The molecule has 0 fully saturated rings. The van der Waals surface area contributed by atoms with Crippen molar-refractivity contribution in [1.82, 2.24) is 10.6 Å². The van der Waals surface area contributed by atoms with Gasteiger partial charge in [-0.25, -0.2) is 4.79 Å². The van der Waals surface area contributed by atoms with Crippen LogP contribution in [-0.2, 0) is 27.2 Å². The highest BCUT2D eigenvalue weighted by atomic mass is 35.5. The molecule has 3 atom stereocenters. The lowest BCUT2D eigenvalue weighted by Crippen LogP contribution is -2.54. The number of carbonyl (C=O) groups excluding carboxylic acids is 2. The molecule has 4 bridgehead atoms. The van der Waals surface area contributed by atoms with Crippen LogP contribution in [0.4, 0.5) is 4.79 Å². The number of phenolic OH excluding ortho intramolecular Hbond substituents is 2. The number of rotatable bonds is 4. The molecule has 0 aliphatic carbocycles. The van der Waals surface area contributed by atoms with Gasteiger partial charge in [0.1, 0.15) is 17.5 Å². The zero-order valence-electron chi connectivity index (χ0n) is 19.2. The normalized spacial score (nSPS) is 19.8. The fraction of sp³-hybridized carbons (Fsp3) is 0.348. The molecule has 1 aliphatic heterocycles. The highest BCUT2D eigenvalue weighted by Crippen LogP contribution is 2.30. The van der Waals surface area contributed by atoms with Crippen LogP contribution in [0, 0.1) is 0 Å². The van der Waals surface area contributed by atoms with Crippen molar-refractivity contribution in [3.63, 3.8) is 0 Å². The molecule has 2 aromatic carbocycles. The highest BCUT2D eigenvalue weighted by molar-refractivity contribution is 5.90. The van der Waals surface area contributed by atoms with E-state index >= 15 is 0 Å². The third-order valence-corrected chi connectivity index (χ3v) is 5.46. The molecule has 2 amide bonds. The SMILES string of the molecule is Cl.Cl.NCCC[C@@H]1NC(=O)[C@@H](N)Cc2cc(ccc2O)-c2cc(O)cc(c2)C[C@H](OC(=O)O)NC1=O. The first kappa shape index (κ1) is 30.8. The fourth-order valence-corrected chi connectivity index (χ4v) is 3.80. The highest BCUT2D eigenvalue weighted by Gasteiger charge is 2.27. The van der Waals surface area contributed by atoms with Crippen LogP contribution in [0.3, 0.4) is 0 Å². The molecule has 0 spiro atoms. The summed E-state index contributed by atoms with van der Waals surface area (Å²) in [6, 6.07) is 7.27. The van der Waals surface area contributed by atoms with E-state index in [0.717, 1.165) is 0 Å². The minimum Gasteiger partial charge on any atom is -0.508 e. The standard InChI is InChI=1S/C23H28N4O7.2ClH/c24-5-1-2-18-22(31)27-20(34-23(32)33)8-12-6-14(10-16(28)7-12)13-3-4-19(29)15(9-13)11-17(25)21(30)26-18;;/h3-4,6-7,9-10,17-18,20,28-29H,1-2,5,8,11,24-25H2,(H,26,30)(H,27,31)(H,32,33);2*1H/t17-,18-,20-;;/m0../s1. The molecule has 0 saturated carbocycles. The van der Waals surface area contributed by atoms with Gasteiger partial charge in [-0.3, -0.25) is 9.59 Å². The Labute approximate surface area is 220 Å². The number of hydrogen-bond acceptors (Lipinski definition) is 8. The first-order valence-electron chi connectivity index (χ1n) is 10.8. The molecule has 9 N–H and O–H groups in total. The number of benzene rings is 2. The zero-order chi connectivity index (χ0) is 24.8. The number of halogens is 2. The number of phenols is 2. The van der Waals surface area contributed by atoms with Crippen molar-refractivity contribution in [2.45, 2.75) is 44.0 Å². The number of hydrogen-bond donors (Lipinski definition) is 7. The number of nitrogens with one attached hydrogen (secondary N) is 2. The molecular formula is C23H30Cl2N4O7. The molecule has 3 rings (SSSR count). The molecule has 1 heterocycles. The molecular weight excluding hydrogens is 515 g/mol. The molecule has 0 radical (unpaired) electrons. The summed E-state index contributed by atoms with van der Waals surface area (Å²) in [6.45, 7) is 0.271. The minimum atomic E-state index is -1.60. The Morgan fingerprint density at radius 1 is 1.00 bits per heavy atom. The Kier molecular flexibility index (Phi) is 11.7. The van der Waals surface area contributed by atoms with Crippen molar-refractivity contribution in [3.05, 3.63) is 47.5 Å². The molecule has 2 aromatic rings. The monoisotopic (exact) mass is 544 g/mol. The summed E-state index contributed by atoms with van der Waals surface area (Å²) in [4.78, 5) is 36.9. The summed E-state index contributed by atoms with van der Waals surface area (Å²) in [5.74, 6) is -1.42. The molecule has 0 aromatic heterocycles. The maximum Gasteiger partial charge on any atom is 0.507 e. The smallest absolute Gasteiger partial charge is 0.507 e. The van der Waals surface area contributed by atoms with E-state index in [4.69, 9.17) is 21.3 Å². The second kappa shape index (κ2) is 13.7. The summed E-state index contributed by atoms with van der Waals surface area (Å²) in [5.41, 5.74) is 13.7. The van der Waals surface area contributed by atoms with E-state index in [1.165, 1.54) is 18.2 Å². The predicted molar refractivity (Wildman–Crippen MR) is 136 cm³/mol.